The van der Waals surface area contributed by atoms with Crippen LogP contribution in [0.2, 0.25) is 0 Å². The largest absolute Gasteiger partial charge is 0.457 e. The molecule has 1 aliphatic rings. The number of nitrogens with zero attached hydrogens (tertiary/aromatic N) is 9. The summed E-state index contributed by atoms with van der Waals surface area (Å²) in [5.41, 5.74) is 2.08. The summed E-state index contributed by atoms with van der Waals surface area (Å²) in [6, 6.07) is 10.2. The molecule has 22 nitrogen and oxygen atoms in total. The summed E-state index contributed by atoms with van der Waals surface area (Å²) < 4.78 is 7.63. The van der Waals surface area contributed by atoms with Gasteiger partial charge in [-0.15, -0.1) is 5.10 Å². The minimum absolute atomic E-state index is 0.0687. The van der Waals surface area contributed by atoms with Gasteiger partial charge in [-0.05, 0) is 48.9 Å². The van der Waals surface area contributed by atoms with E-state index in [0.717, 1.165) is 18.0 Å². The van der Waals surface area contributed by atoms with Crippen molar-refractivity contribution in [1.82, 2.24) is 39.8 Å². The van der Waals surface area contributed by atoms with Gasteiger partial charge >= 0.3 is 29.4 Å². The zero-order valence-electron chi connectivity index (χ0n) is 25.7. The van der Waals surface area contributed by atoms with Crippen molar-refractivity contribution in [1.29, 1.82) is 0 Å². The summed E-state index contributed by atoms with van der Waals surface area (Å²) in [5, 5.41) is 118. The van der Waals surface area contributed by atoms with Gasteiger partial charge in [0, 0.05) is 18.8 Å². The summed E-state index contributed by atoms with van der Waals surface area (Å²) in [6.45, 7) is 4.71. The third kappa shape index (κ3) is 4.95. The van der Waals surface area contributed by atoms with E-state index in [1.807, 2.05) is 0 Å². The molecule has 5 aromatic rings. The topological polar surface area (TPSA) is 329 Å². The molecule has 0 aliphatic carbocycles. The van der Waals surface area contributed by atoms with E-state index in [2.05, 4.69) is 42.1 Å². The molecule has 0 unspecified atom stereocenters. The van der Waals surface area contributed by atoms with Crippen LogP contribution in [0.25, 0.3) is 22.1 Å². The molecule has 0 saturated carbocycles. The quantitative estimate of drug-likeness (QED) is 0.0609. The fourth-order valence-corrected chi connectivity index (χ4v) is 5.18. The summed E-state index contributed by atoms with van der Waals surface area (Å²) in [4.78, 5) is 26.2. The van der Waals surface area contributed by atoms with Gasteiger partial charge in [0.2, 0.25) is 5.95 Å². The second kappa shape index (κ2) is 11.3. The number of rotatable bonds is 6. The molecule has 0 atom stereocenters. The van der Waals surface area contributed by atoms with E-state index in [4.69, 9.17) is 4.74 Å². The van der Waals surface area contributed by atoms with Gasteiger partial charge in [-0.1, -0.05) is 11.8 Å². The normalized spacial score (nSPS) is 18.9. The van der Waals surface area contributed by atoms with Crippen molar-refractivity contribution in [2.24, 2.45) is 7.05 Å². The standard InChI is InChI=1S/C28H28N10O12/c1-4-20(39)37-25(42,43)24(40,41)26(44,45)38(28(48,49)27(37,46)47)23-29-11-17-21(33-23)22(31-12-30-17)32-14-5-8-19(13(2)9-14)50-15-6-7-18-16(10-15)34-35-36(18)3/h4-12,40-49H,1H2,2-3H3,(H,30,31,32). The van der Waals surface area contributed by atoms with Crippen LogP contribution in [0.5, 0.6) is 11.5 Å². The zero-order chi connectivity index (χ0) is 36.6. The van der Waals surface area contributed by atoms with Crippen LogP contribution in [0.1, 0.15) is 5.56 Å². The van der Waals surface area contributed by atoms with Crippen LogP contribution in [-0.2, 0) is 11.8 Å². The van der Waals surface area contributed by atoms with Crippen LogP contribution >= 0.6 is 0 Å². The molecule has 0 spiro atoms. The smallest absolute Gasteiger partial charge is 0.333 e. The fraction of sp³-hybridized carbons (Fsp3) is 0.250. The van der Waals surface area contributed by atoms with Crippen LogP contribution < -0.4 is 15.0 Å². The van der Waals surface area contributed by atoms with Gasteiger partial charge < -0.3 is 61.1 Å². The Kier molecular flexibility index (Phi) is 7.73. The Hall–Kier alpha value is -5.53. The Morgan fingerprint density at radius 1 is 0.880 bits per heavy atom. The lowest BCUT2D eigenvalue weighted by Crippen LogP contribution is -2.77. The van der Waals surface area contributed by atoms with Crippen LogP contribution in [-0.4, -0.2) is 126 Å². The lowest BCUT2D eigenvalue weighted by Gasteiger charge is -2.46. The number of aromatic nitrogens is 7. The lowest BCUT2D eigenvalue weighted by molar-refractivity contribution is -0.496. The third-order valence-corrected chi connectivity index (χ3v) is 7.84. The number of benzene rings is 2. The SMILES string of the molecule is C=CC(=O)N1C(O)(O)C(O)(O)N(c2ncc3ncnc(Nc4ccc(Oc5ccc6c(c5)nnn6C)c(C)c4)c3n2)C(O)(O)C(O)(O)C1(O)O. The Morgan fingerprint density at radius 3 is 2.28 bits per heavy atom. The van der Waals surface area contributed by atoms with Gasteiger partial charge in [0.25, 0.3) is 5.91 Å². The Morgan fingerprint density at radius 2 is 1.60 bits per heavy atom. The number of nitrogens with one attached hydrogen (secondary N) is 1. The van der Waals surface area contributed by atoms with Crippen LogP contribution in [0, 0.1) is 6.92 Å². The first-order chi connectivity index (χ1) is 23.3. The number of carbonyl (C=O) groups is 1. The van der Waals surface area contributed by atoms with Gasteiger partial charge in [0.05, 0.1) is 11.7 Å². The molecule has 50 heavy (non-hydrogen) atoms. The number of aryl methyl sites for hydroxylation is 2. The Labute approximate surface area is 278 Å². The molecular weight excluding hydrogens is 668 g/mol. The minimum Gasteiger partial charge on any atom is -0.457 e. The van der Waals surface area contributed by atoms with E-state index >= 15 is 0 Å². The molecule has 2 aromatic carbocycles. The maximum atomic E-state index is 12.4. The molecule has 262 valence electrons. The molecule has 1 amide bonds. The second-order valence-electron chi connectivity index (χ2n) is 11.1. The number of carbonyl (C=O) groups excluding carboxylic acids is 1. The maximum Gasteiger partial charge on any atom is 0.333 e. The first-order valence-electron chi connectivity index (χ1n) is 14.1. The summed E-state index contributed by atoms with van der Waals surface area (Å²) in [6.07, 6.45) is 2.10. The van der Waals surface area contributed by atoms with E-state index in [1.54, 1.807) is 55.1 Å². The van der Waals surface area contributed by atoms with Crippen LogP contribution in [0.3, 0.4) is 0 Å². The monoisotopic (exact) mass is 696 g/mol. The van der Waals surface area contributed by atoms with Crippen molar-refractivity contribution in [3.05, 3.63) is 67.1 Å². The van der Waals surface area contributed by atoms with E-state index < -0.39 is 51.1 Å². The molecule has 6 rings (SSSR count). The second-order valence-corrected chi connectivity index (χ2v) is 11.1. The average Bonchev–Trinajstić information content (AvgIpc) is 3.40. The zero-order valence-corrected chi connectivity index (χ0v) is 25.7. The summed E-state index contributed by atoms with van der Waals surface area (Å²) >= 11 is 0. The van der Waals surface area contributed by atoms with Gasteiger partial charge in [0.15, 0.2) is 5.82 Å². The van der Waals surface area contributed by atoms with Crippen molar-refractivity contribution < 1.29 is 60.6 Å². The number of aliphatic hydroxyl groups is 10. The number of hydrogen-bond donors (Lipinski definition) is 11. The maximum absolute atomic E-state index is 12.4. The summed E-state index contributed by atoms with van der Waals surface area (Å²) in [7, 11) is 1.76. The first-order valence-corrected chi connectivity index (χ1v) is 14.1. The third-order valence-electron chi connectivity index (χ3n) is 7.84. The van der Waals surface area contributed by atoms with E-state index in [9.17, 15) is 55.9 Å². The predicted octanol–water partition coefficient (Wildman–Crippen LogP) is -3.39. The molecule has 1 fully saturated rings. The van der Waals surface area contributed by atoms with Crippen molar-refractivity contribution in [2.75, 3.05) is 10.2 Å². The van der Waals surface area contributed by atoms with Crippen LogP contribution in [0.4, 0.5) is 17.5 Å². The number of fused-ring (bicyclic) bond motifs is 2. The van der Waals surface area contributed by atoms with E-state index in [-0.39, 0.29) is 22.9 Å². The Balaban J connectivity index is 1.39. The first kappa shape index (κ1) is 34.3. The fourth-order valence-electron chi connectivity index (χ4n) is 5.18. The molecule has 3 aromatic heterocycles. The lowest BCUT2D eigenvalue weighted by atomic mass is 10.1. The van der Waals surface area contributed by atoms with Crippen LogP contribution in [0.15, 0.2) is 61.6 Å². The van der Waals surface area contributed by atoms with Gasteiger partial charge in [-0.2, -0.15) is 0 Å². The molecule has 1 aliphatic heterocycles. The van der Waals surface area contributed by atoms with Crippen molar-refractivity contribution in [3.63, 3.8) is 0 Å². The highest BCUT2D eigenvalue weighted by molar-refractivity contribution is 5.89. The molecule has 1 saturated heterocycles. The molecule has 0 radical (unpaired) electrons. The number of amides is 1. The minimum atomic E-state index is -4.88. The van der Waals surface area contributed by atoms with Crippen molar-refractivity contribution >= 4 is 45.4 Å². The highest BCUT2D eigenvalue weighted by Crippen LogP contribution is 2.47. The number of anilines is 3. The number of hydrogen-bond acceptors (Lipinski definition) is 20. The molecular formula is C28H28N10O12. The predicted molar refractivity (Wildman–Crippen MR) is 164 cm³/mol. The average molecular weight is 697 g/mol. The van der Waals surface area contributed by atoms with Gasteiger partial charge in [0.1, 0.15) is 34.4 Å². The molecule has 0 bridgehead atoms. The Bertz CT molecular complexity index is 2170. The van der Waals surface area contributed by atoms with Gasteiger partial charge in [-0.25, -0.2) is 34.4 Å². The molecule has 4 heterocycles. The number of ether oxygens (including phenoxy) is 1. The highest BCUT2D eigenvalue weighted by atomic mass is 16.7. The van der Waals surface area contributed by atoms with E-state index in [1.165, 1.54) is 0 Å². The van der Waals surface area contributed by atoms with Crippen molar-refractivity contribution in [3.8, 4) is 11.5 Å². The molecule has 11 N–H and O–H groups in total. The highest BCUT2D eigenvalue weighted by Gasteiger charge is 2.81. The van der Waals surface area contributed by atoms with Gasteiger partial charge in [-0.3, -0.25) is 4.79 Å². The summed E-state index contributed by atoms with van der Waals surface area (Å²) in [5.74, 6) is -26.3. The van der Waals surface area contributed by atoms with E-state index in [0.29, 0.717) is 28.3 Å². The van der Waals surface area contributed by atoms with Crippen molar-refractivity contribution in [2.45, 2.75) is 36.4 Å². The molecule has 22 heteroatoms.